The molecule has 2 aromatic carbocycles. The van der Waals surface area contributed by atoms with Crippen LogP contribution in [0.2, 0.25) is 0 Å². The second-order valence-corrected chi connectivity index (χ2v) is 5.27. The van der Waals surface area contributed by atoms with Gasteiger partial charge >= 0.3 is 0 Å². The highest BCUT2D eigenvalue weighted by molar-refractivity contribution is 5.49. The molecule has 2 rings (SSSR count). The average Bonchev–Trinajstić information content (AvgIpc) is 2.36. The summed E-state index contributed by atoms with van der Waals surface area (Å²) in [7, 11) is 2.09. The minimum absolute atomic E-state index is 0.405. The molecule has 0 atom stereocenters. The van der Waals surface area contributed by atoms with E-state index in [2.05, 4.69) is 55.3 Å². The minimum Gasteiger partial charge on any atom is -0.507 e. The number of phenolic OH excluding ortho intramolecular Hbond substituents is 1. The molecule has 0 bridgehead atoms. The molecule has 0 unspecified atom stereocenters. The van der Waals surface area contributed by atoms with E-state index in [0.717, 1.165) is 17.7 Å². The molecule has 2 aromatic rings. The molecule has 19 heavy (non-hydrogen) atoms. The SMILES string of the molecule is Cc1cccc(N(C)Cc2cc(C)c(O)c(C)c2)c1. The lowest BCUT2D eigenvalue weighted by atomic mass is 10.1. The standard InChI is InChI=1S/C17H21NO/c1-12-6-5-7-16(8-12)18(4)11-15-9-13(2)17(19)14(3)10-15/h5-10,19H,11H2,1-4H3. The first kappa shape index (κ1) is 13.5. The van der Waals surface area contributed by atoms with Gasteiger partial charge in [0.15, 0.2) is 0 Å². The Bertz CT molecular complexity index is 567. The van der Waals surface area contributed by atoms with Crippen LogP contribution in [0.1, 0.15) is 22.3 Å². The largest absolute Gasteiger partial charge is 0.507 e. The summed E-state index contributed by atoms with van der Waals surface area (Å²) in [5.74, 6) is 0.405. The molecule has 0 amide bonds. The van der Waals surface area contributed by atoms with Gasteiger partial charge in [-0.2, -0.15) is 0 Å². The summed E-state index contributed by atoms with van der Waals surface area (Å²) in [4.78, 5) is 2.22. The Balaban J connectivity index is 2.21. The normalized spacial score (nSPS) is 10.5. The summed E-state index contributed by atoms with van der Waals surface area (Å²) in [5, 5.41) is 9.80. The van der Waals surface area contributed by atoms with Gasteiger partial charge in [0.1, 0.15) is 5.75 Å². The van der Waals surface area contributed by atoms with E-state index in [-0.39, 0.29) is 0 Å². The molecule has 2 nitrogen and oxygen atoms in total. The third kappa shape index (κ3) is 3.08. The molecule has 0 saturated carbocycles. The number of hydrogen-bond acceptors (Lipinski definition) is 2. The lowest BCUT2D eigenvalue weighted by molar-refractivity contribution is 0.466. The van der Waals surface area contributed by atoms with Gasteiger partial charge in [0.2, 0.25) is 0 Å². The second kappa shape index (κ2) is 5.35. The quantitative estimate of drug-likeness (QED) is 0.897. The first-order chi connectivity index (χ1) is 8.97. The Morgan fingerprint density at radius 1 is 1.00 bits per heavy atom. The van der Waals surface area contributed by atoms with Gasteiger partial charge in [0, 0.05) is 19.3 Å². The number of phenols is 1. The Labute approximate surface area is 115 Å². The number of hydrogen-bond donors (Lipinski definition) is 1. The van der Waals surface area contributed by atoms with E-state index in [1.165, 1.54) is 16.8 Å². The molecule has 0 radical (unpaired) electrons. The summed E-state index contributed by atoms with van der Waals surface area (Å²) < 4.78 is 0. The first-order valence-corrected chi connectivity index (χ1v) is 6.54. The van der Waals surface area contributed by atoms with Crippen molar-refractivity contribution >= 4 is 5.69 Å². The third-order valence-corrected chi connectivity index (χ3v) is 3.41. The van der Waals surface area contributed by atoms with Gasteiger partial charge in [-0.1, -0.05) is 24.3 Å². The summed E-state index contributed by atoms with van der Waals surface area (Å²) >= 11 is 0. The monoisotopic (exact) mass is 255 g/mol. The Kier molecular flexibility index (Phi) is 3.79. The fourth-order valence-corrected chi connectivity index (χ4v) is 2.37. The van der Waals surface area contributed by atoms with Crippen molar-refractivity contribution in [2.24, 2.45) is 0 Å². The average molecular weight is 255 g/mol. The molecule has 2 heteroatoms. The van der Waals surface area contributed by atoms with Crippen LogP contribution in [0.5, 0.6) is 5.75 Å². The molecule has 0 aromatic heterocycles. The van der Waals surface area contributed by atoms with Gasteiger partial charge in [-0.05, 0) is 55.2 Å². The van der Waals surface area contributed by atoms with Gasteiger partial charge in [-0.3, -0.25) is 0 Å². The van der Waals surface area contributed by atoms with Crippen LogP contribution in [0, 0.1) is 20.8 Å². The summed E-state index contributed by atoms with van der Waals surface area (Å²) in [6.07, 6.45) is 0. The molecule has 0 fully saturated rings. The van der Waals surface area contributed by atoms with E-state index in [4.69, 9.17) is 0 Å². The van der Waals surface area contributed by atoms with Crippen LogP contribution < -0.4 is 4.90 Å². The Hall–Kier alpha value is -1.96. The zero-order chi connectivity index (χ0) is 14.0. The van der Waals surface area contributed by atoms with Gasteiger partial charge in [-0.25, -0.2) is 0 Å². The molecular weight excluding hydrogens is 234 g/mol. The maximum Gasteiger partial charge on any atom is 0.121 e. The molecule has 0 aliphatic rings. The van der Waals surface area contributed by atoms with E-state index in [1.807, 2.05) is 13.8 Å². The Morgan fingerprint density at radius 3 is 2.21 bits per heavy atom. The van der Waals surface area contributed by atoms with Crippen LogP contribution in [-0.2, 0) is 6.54 Å². The number of anilines is 1. The number of aromatic hydroxyl groups is 1. The molecule has 0 spiro atoms. The zero-order valence-corrected chi connectivity index (χ0v) is 12.1. The summed E-state index contributed by atoms with van der Waals surface area (Å²) in [6.45, 7) is 6.83. The van der Waals surface area contributed by atoms with Crippen molar-refractivity contribution in [3.8, 4) is 5.75 Å². The number of benzene rings is 2. The smallest absolute Gasteiger partial charge is 0.121 e. The highest BCUT2D eigenvalue weighted by Gasteiger charge is 2.06. The molecule has 0 heterocycles. The van der Waals surface area contributed by atoms with E-state index >= 15 is 0 Å². The summed E-state index contributed by atoms with van der Waals surface area (Å²) in [6, 6.07) is 12.6. The van der Waals surface area contributed by atoms with Crippen molar-refractivity contribution < 1.29 is 5.11 Å². The van der Waals surface area contributed by atoms with Crippen LogP contribution >= 0.6 is 0 Å². The van der Waals surface area contributed by atoms with Gasteiger partial charge in [0.05, 0.1) is 0 Å². The van der Waals surface area contributed by atoms with Crippen molar-refractivity contribution in [3.05, 3.63) is 58.7 Å². The molecular formula is C17H21NO. The lowest BCUT2D eigenvalue weighted by Gasteiger charge is -2.20. The van der Waals surface area contributed by atoms with E-state index in [9.17, 15) is 5.11 Å². The second-order valence-electron chi connectivity index (χ2n) is 5.27. The van der Waals surface area contributed by atoms with Gasteiger partial charge in [0.25, 0.3) is 0 Å². The highest BCUT2D eigenvalue weighted by atomic mass is 16.3. The highest BCUT2D eigenvalue weighted by Crippen LogP contribution is 2.24. The van der Waals surface area contributed by atoms with Crippen molar-refractivity contribution in [3.63, 3.8) is 0 Å². The van der Waals surface area contributed by atoms with Crippen LogP contribution in [0.4, 0.5) is 5.69 Å². The number of nitrogens with zero attached hydrogens (tertiary/aromatic N) is 1. The predicted octanol–water partition coefficient (Wildman–Crippen LogP) is 3.95. The molecule has 100 valence electrons. The maximum atomic E-state index is 9.80. The topological polar surface area (TPSA) is 23.5 Å². The summed E-state index contributed by atoms with van der Waals surface area (Å²) in [5.41, 5.74) is 5.57. The van der Waals surface area contributed by atoms with E-state index < -0.39 is 0 Å². The minimum atomic E-state index is 0.405. The van der Waals surface area contributed by atoms with Crippen LogP contribution in [-0.4, -0.2) is 12.2 Å². The maximum absolute atomic E-state index is 9.80. The van der Waals surface area contributed by atoms with Gasteiger partial charge in [-0.15, -0.1) is 0 Å². The predicted molar refractivity (Wildman–Crippen MR) is 80.9 cm³/mol. The van der Waals surface area contributed by atoms with Crippen LogP contribution in [0.15, 0.2) is 36.4 Å². The number of aryl methyl sites for hydroxylation is 3. The molecule has 0 saturated heterocycles. The van der Waals surface area contributed by atoms with Gasteiger partial charge < -0.3 is 10.0 Å². The molecule has 0 aliphatic carbocycles. The molecule has 1 N–H and O–H groups in total. The van der Waals surface area contributed by atoms with Crippen molar-refractivity contribution in [1.82, 2.24) is 0 Å². The third-order valence-electron chi connectivity index (χ3n) is 3.41. The van der Waals surface area contributed by atoms with Crippen LogP contribution in [0.3, 0.4) is 0 Å². The first-order valence-electron chi connectivity index (χ1n) is 6.54. The molecule has 0 aliphatic heterocycles. The van der Waals surface area contributed by atoms with Crippen molar-refractivity contribution in [2.75, 3.05) is 11.9 Å². The number of rotatable bonds is 3. The fourth-order valence-electron chi connectivity index (χ4n) is 2.37. The van der Waals surface area contributed by atoms with E-state index in [0.29, 0.717) is 5.75 Å². The lowest BCUT2D eigenvalue weighted by Crippen LogP contribution is -2.16. The van der Waals surface area contributed by atoms with Crippen LogP contribution in [0.25, 0.3) is 0 Å². The fraction of sp³-hybridized carbons (Fsp3) is 0.294. The Morgan fingerprint density at radius 2 is 1.63 bits per heavy atom. The van der Waals surface area contributed by atoms with Crippen molar-refractivity contribution in [2.45, 2.75) is 27.3 Å². The van der Waals surface area contributed by atoms with E-state index in [1.54, 1.807) is 0 Å². The van der Waals surface area contributed by atoms with Crippen molar-refractivity contribution in [1.29, 1.82) is 0 Å². The zero-order valence-electron chi connectivity index (χ0n) is 12.1.